The van der Waals surface area contributed by atoms with Gasteiger partial charge in [0.25, 0.3) is 5.91 Å². The number of piperidine rings is 1. The number of carbonyl (C=O) groups excluding carboxylic acids is 1. The van der Waals surface area contributed by atoms with Crippen molar-refractivity contribution < 1.29 is 13.6 Å². The maximum Gasteiger partial charge on any atom is 0.256 e. The summed E-state index contributed by atoms with van der Waals surface area (Å²) in [6, 6.07) is 12.3. The molecule has 138 valence electrons. The fourth-order valence-electron chi connectivity index (χ4n) is 3.53. The molecule has 4 nitrogen and oxygen atoms in total. The van der Waals surface area contributed by atoms with E-state index in [2.05, 4.69) is 5.10 Å². The largest absolute Gasteiger partial charge is 0.336 e. The number of hydrogen-bond acceptors (Lipinski definition) is 2. The molecular weight excluding hydrogens is 348 g/mol. The van der Waals surface area contributed by atoms with Crippen LogP contribution in [0.1, 0.15) is 29.2 Å². The topological polar surface area (TPSA) is 38.1 Å². The van der Waals surface area contributed by atoms with Crippen LogP contribution < -0.4 is 0 Å². The van der Waals surface area contributed by atoms with Gasteiger partial charge in [-0.3, -0.25) is 9.48 Å². The highest BCUT2D eigenvalue weighted by Gasteiger charge is 2.27. The third-order valence-electron chi connectivity index (χ3n) is 4.96. The molecule has 0 radical (unpaired) electrons. The predicted octanol–water partition coefficient (Wildman–Crippen LogP) is 4.31. The lowest BCUT2D eigenvalue weighted by Gasteiger charge is -2.33. The van der Waals surface area contributed by atoms with Gasteiger partial charge in [0.15, 0.2) is 0 Å². The lowest BCUT2D eigenvalue weighted by molar-refractivity contribution is 0.0668. The van der Waals surface area contributed by atoms with Crippen molar-refractivity contribution in [2.45, 2.75) is 18.9 Å². The van der Waals surface area contributed by atoms with Crippen LogP contribution >= 0.6 is 0 Å². The molecule has 1 atom stereocenters. The first-order valence-corrected chi connectivity index (χ1v) is 8.96. The number of nitrogens with zero attached hydrogens (tertiary/aromatic N) is 3. The zero-order chi connectivity index (χ0) is 18.8. The Morgan fingerprint density at radius 1 is 1.07 bits per heavy atom. The number of carbonyl (C=O) groups is 1. The Bertz CT molecular complexity index is 939. The summed E-state index contributed by atoms with van der Waals surface area (Å²) in [7, 11) is 0. The van der Waals surface area contributed by atoms with E-state index in [0.29, 0.717) is 24.2 Å². The molecule has 1 aliphatic rings. The van der Waals surface area contributed by atoms with Crippen LogP contribution in [-0.4, -0.2) is 33.7 Å². The number of benzene rings is 2. The highest BCUT2D eigenvalue weighted by Crippen LogP contribution is 2.26. The van der Waals surface area contributed by atoms with Crippen molar-refractivity contribution in [3.8, 4) is 11.1 Å². The molecule has 0 bridgehead atoms. The summed E-state index contributed by atoms with van der Waals surface area (Å²) in [5.41, 5.74) is 1.37. The third-order valence-corrected chi connectivity index (χ3v) is 4.96. The van der Waals surface area contributed by atoms with Crippen LogP contribution in [0, 0.1) is 11.6 Å². The molecule has 1 fully saturated rings. The molecule has 1 aromatic heterocycles. The fraction of sp³-hybridized carbons (Fsp3) is 0.238. The SMILES string of the molecule is O=C(c1ccc(-c2ccc(F)cc2)cc1F)N1CCCC(n2cccn2)C1. The molecule has 0 aliphatic carbocycles. The zero-order valence-corrected chi connectivity index (χ0v) is 14.7. The Hall–Kier alpha value is -3.02. The molecule has 1 amide bonds. The Morgan fingerprint density at radius 3 is 2.56 bits per heavy atom. The summed E-state index contributed by atoms with van der Waals surface area (Å²) in [6.45, 7) is 1.12. The van der Waals surface area contributed by atoms with Crippen molar-refractivity contribution in [2.75, 3.05) is 13.1 Å². The Balaban J connectivity index is 1.54. The van der Waals surface area contributed by atoms with E-state index in [1.165, 1.54) is 24.3 Å². The van der Waals surface area contributed by atoms with Crippen molar-refractivity contribution in [2.24, 2.45) is 0 Å². The highest BCUT2D eigenvalue weighted by atomic mass is 19.1. The molecule has 4 rings (SSSR count). The highest BCUT2D eigenvalue weighted by molar-refractivity contribution is 5.95. The summed E-state index contributed by atoms with van der Waals surface area (Å²) in [5.74, 6) is -1.22. The van der Waals surface area contributed by atoms with Gasteiger partial charge in [0.2, 0.25) is 0 Å². The molecule has 1 unspecified atom stereocenters. The Kier molecular flexibility index (Phi) is 4.71. The van der Waals surface area contributed by atoms with E-state index in [-0.39, 0.29) is 23.3 Å². The molecule has 1 saturated heterocycles. The van der Waals surface area contributed by atoms with Crippen LogP contribution in [-0.2, 0) is 0 Å². The van der Waals surface area contributed by atoms with E-state index >= 15 is 0 Å². The second-order valence-corrected chi connectivity index (χ2v) is 6.73. The molecule has 0 N–H and O–H groups in total. The lowest BCUT2D eigenvalue weighted by atomic mass is 10.0. The smallest absolute Gasteiger partial charge is 0.256 e. The summed E-state index contributed by atoms with van der Waals surface area (Å²) in [6.07, 6.45) is 5.40. The van der Waals surface area contributed by atoms with Gasteiger partial charge in [0.1, 0.15) is 11.6 Å². The molecule has 2 heterocycles. The van der Waals surface area contributed by atoms with Gasteiger partial charge in [0.05, 0.1) is 11.6 Å². The number of hydrogen-bond donors (Lipinski definition) is 0. The maximum atomic E-state index is 14.7. The monoisotopic (exact) mass is 367 g/mol. The minimum absolute atomic E-state index is 0.0574. The first kappa shape index (κ1) is 17.4. The van der Waals surface area contributed by atoms with Gasteiger partial charge in [0, 0.05) is 25.5 Å². The van der Waals surface area contributed by atoms with Gasteiger partial charge in [-0.15, -0.1) is 0 Å². The number of aromatic nitrogens is 2. The molecule has 1 aliphatic heterocycles. The van der Waals surface area contributed by atoms with Crippen molar-refractivity contribution in [1.82, 2.24) is 14.7 Å². The molecule has 2 aromatic carbocycles. The molecule has 0 spiro atoms. The van der Waals surface area contributed by atoms with Gasteiger partial charge in [-0.1, -0.05) is 18.2 Å². The van der Waals surface area contributed by atoms with E-state index < -0.39 is 5.82 Å². The van der Waals surface area contributed by atoms with Crippen LogP contribution in [0.15, 0.2) is 60.9 Å². The number of likely N-dealkylation sites (tertiary alicyclic amines) is 1. The second kappa shape index (κ2) is 7.31. The summed E-state index contributed by atoms with van der Waals surface area (Å²) in [5, 5.41) is 4.25. The van der Waals surface area contributed by atoms with Crippen molar-refractivity contribution in [3.63, 3.8) is 0 Å². The van der Waals surface area contributed by atoms with E-state index in [9.17, 15) is 13.6 Å². The average Bonchev–Trinajstić information content (AvgIpc) is 3.23. The van der Waals surface area contributed by atoms with Crippen molar-refractivity contribution in [1.29, 1.82) is 0 Å². The maximum absolute atomic E-state index is 14.7. The standard InChI is InChI=1S/C21H19F2N3O/c22-17-7-4-15(5-8-17)16-6-9-19(20(23)13-16)21(27)25-11-1-3-18(14-25)26-12-2-10-24-26/h2,4-10,12-13,18H,1,3,11,14H2. The number of halogens is 2. The quantitative estimate of drug-likeness (QED) is 0.692. The molecule has 6 heteroatoms. The van der Waals surface area contributed by atoms with Crippen molar-refractivity contribution in [3.05, 3.63) is 78.1 Å². The predicted molar refractivity (Wildman–Crippen MR) is 98.2 cm³/mol. The number of amides is 1. The van der Waals surface area contributed by atoms with E-state index in [4.69, 9.17) is 0 Å². The van der Waals surface area contributed by atoms with Gasteiger partial charge >= 0.3 is 0 Å². The van der Waals surface area contributed by atoms with Crippen LogP contribution in [0.25, 0.3) is 11.1 Å². The lowest BCUT2D eigenvalue weighted by Crippen LogP contribution is -2.41. The van der Waals surface area contributed by atoms with Crippen LogP contribution in [0.4, 0.5) is 8.78 Å². The van der Waals surface area contributed by atoms with E-state index in [1.807, 2.05) is 16.9 Å². The van der Waals surface area contributed by atoms with Crippen LogP contribution in [0.2, 0.25) is 0 Å². The third kappa shape index (κ3) is 3.60. The first-order valence-electron chi connectivity index (χ1n) is 8.96. The first-order chi connectivity index (χ1) is 13.1. The summed E-state index contributed by atoms with van der Waals surface area (Å²) < 4.78 is 29.6. The Morgan fingerprint density at radius 2 is 1.85 bits per heavy atom. The zero-order valence-electron chi connectivity index (χ0n) is 14.7. The average molecular weight is 367 g/mol. The van der Waals surface area contributed by atoms with Gasteiger partial charge in [-0.25, -0.2) is 8.78 Å². The Labute approximate surface area is 156 Å². The minimum Gasteiger partial charge on any atom is -0.336 e. The van der Waals surface area contributed by atoms with Crippen molar-refractivity contribution >= 4 is 5.91 Å². The van der Waals surface area contributed by atoms with Gasteiger partial charge < -0.3 is 4.90 Å². The molecule has 27 heavy (non-hydrogen) atoms. The normalized spacial score (nSPS) is 17.1. The van der Waals surface area contributed by atoms with Gasteiger partial charge in [-0.2, -0.15) is 5.10 Å². The molecule has 0 saturated carbocycles. The second-order valence-electron chi connectivity index (χ2n) is 6.73. The minimum atomic E-state index is -0.567. The van der Waals surface area contributed by atoms with Gasteiger partial charge in [-0.05, 0) is 54.3 Å². The molecule has 3 aromatic rings. The van der Waals surface area contributed by atoms with Crippen LogP contribution in [0.5, 0.6) is 0 Å². The van der Waals surface area contributed by atoms with Crippen LogP contribution in [0.3, 0.4) is 0 Å². The van der Waals surface area contributed by atoms with E-state index in [0.717, 1.165) is 12.8 Å². The summed E-state index contributed by atoms with van der Waals surface area (Å²) in [4.78, 5) is 14.5. The van der Waals surface area contributed by atoms with E-state index in [1.54, 1.807) is 29.3 Å². The summed E-state index contributed by atoms with van der Waals surface area (Å²) >= 11 is 0. The fourth-order valence-corrected chi connectivity index (χ4v) is 3.53. The number of rotatable bonds is 3. The molecular formula is C21H19F2N3O.